The summed E-state index contributed by atoms with van der Waals surface area (Å²) in [4.78, 5) is 11.4. The van der Waals surface area contributed by atoms with Gasteiger partial charge in [-0.3, -0.25) is 9.89 Å². The van der Waals surface area contributed by atoms with E-state index in [9.17, 15) is 13.2 Å². The van der Waals surface area contributed by atoms with Gasteiger partial charge in [-0.2, -0.15) is 13.2 Å². The summed E-state index contributed by atoms with van der Waals surface area (Å²) in [6.45, 7) is 13.1. The highest BCUT2D eigenvalue weighted by atomic mass is 19.4. The normalized spacial score (nSPS) is 16.4. The largest absolute Gasteiger partial charge is 0.406 e. The second-order valence-electron chi connectivity index (χ2n) is 11.4. The molecule has 5 rings (SSSR count). The summed E-state index contributed by atoms with van der Waals surface area (Å²) in [7, 11) is 1.92. The van der Waals surface area contributed by atoms with Crippen molar-refractivity contribution in [3.05, 3.63) is 60.6 Å². The zero-order valence-electron chi connectivity index (χ0n) is 23.9. The van der Waals surface area contributed by atoms with Crippen LogP contribution in [0.25, 0.3) is 16.6 Å². The van der Waals surface area contributed by atoms with Crippen molar-refractivity contribution in [2.75, 3.05) is 31.9 Å². The van der Waals surface area contributed by atoms with Gasteiger partial charge >= 0.3 is 6.18 Å². The Labute approximate surface area is 234 Å². The first-order valence-corrected chi connectivity index (χ1v) is 13.7. The van der Waals surface area contributed by atoms with Crippen molar-refractivity contribution in [2.45, 2.75) is 58.3 Å². The van der Waals surface area contributed by atoms with Crippen molar-refractivity contribution >= 4 is 33.8 Å². The van der Waals surface area contributed by atoms with E-state index in [1.165, 1.54) is 36.9 Å². The van der Waals surface area contributed by atoms with Crippen LogP contribution in [0.1, 0.15) is 51.3 Å². The van der Waals surface area contributed by atoms with Crippen LogP contribution in [-0.2, 0) is 13.6 Å². The number of nitrogens with zero attached hydrogens (tertiary/aromatic N) is 5. The number of aliphatic imine (C=N–C) groups is 2. The number of nitrogens with one attached hydrogen (secondary N) is 1. The smallest absolute Gasteiger partial charge is 0.398 e. The minimum Gasteiger partial charge on any atom is -0.398 e. The average molecular weight is 556 g/mol. The molecule has 40 heavy (non-hydrogen) atoms. The summed E-state index contributed by atoms with van der Waals surface area (Å²) < 4.78 is 42.7. The number of aromatic nitrogens is 2. The molecule has 0 bridgehead atoms. The molecule has 1 saturated heterocycles. The Hall–Kier alpha value is -3.53. The number of halogens is 3. The molecule has 0 spiro atoms. The van der Waals surface area contributed by atoms with Crippen LogP contribution in [0.3, 0.4) is 0 Å². The first kappa shape index (κ1) is 29.5. The molecule has 7 nitrogen and oxygen atoms in total. The van der Waals surface area contributed by atoms with E-state index in [0.717, 1.165) is 17.0 Å². The van der Waals surface area contributed by atoms with Gasteiger partial charge in [0.1, 0.15) is 6.54 Å². The first-order chi connectivity index (χ1) is 18.8. The zero-order valence-corrected chi connectivity index (χ0v) is 23.9. The molecule has 216 valence electrons. The van der Waals surface area contributed by atoms with E-state index in [4.69, 9.17) is 5.73 Å². The number of aryl methyl sites for hydroxylation is 1. The van der Waals surface area contributed by atoms with Gasteiger partial charge in [0.2, 0.25) is 0 Å². The molecule has 0 unspecified atom stereocenters. The number of benzene rings is 1. The molecule has 0 saturated carbocycles. The Balaban J connectivity index is 0.000000312. The first-order valence-electron chi connectivity index (χ1n) is 13.7. The number of likely N-dealkylation sites (tertiary alicyclic amines) is 1. The van der Waals surface area contributed by atoms with Crippen molar-refractivity contribution in [1.82, 2.24) is 19.4 Å². The number of piperidine rings is 1. The maximum atomic E-state index is 13.2. The predicted octanol–water partition coefficient (Wildman–Crippen LogP) is 5.86. The number of hydrogen-bond acceptors (Lipinski definition) is 5. The van der Waals surface area contributed by atoms with Crippen LogP contribution in [0.2, 0.25) is 0 Å². The van der Waals surface area contributed by atoms with E-state index in [2.05, 4.69) is 47.6 Å². The maximum Gasteiger partial charge on any atom is 0.406 e. The lowest BCUT2D eigenvalue weighted by Crippen LogP contribution is -2.44. The molecule has 3 N–H and O–H groups in total. The molecule has 3 aromatic rings. The Morgan fingerprint density at radius 1 is 1.10 bits per heavy atom. The van der Waals surface area contributed by atoms with Crippen LogP contribution in [0.5, 0.6) is 0 Å². The second kappa shape index (κ2) is 11.9. The van der Waals surface area contributed by atoms with E-state index in [1.807, 2.05) is 30.1 Å². The molecule has 10 heteroatoms. The van der Waals surface area contributed by atoms with E-state index >= 15 is 0 Å². The Kier molecular flexibility index (Phi) is 8.77. The van der Waals surface area contributed by atoms with E-state index < -0.39 is 12.7 Å². The Morgan fingerprint density at radius 2 is 1.82 bits per heavy atom. The van der Waals surface area contributed by atoms with Gasteiger partial charge in [-0.1, -0.05) is 19.1 Å². The highest BCUT2D eigenvalue weighted by Crippen LogP contribution is 2.30. The van der Waals surface area contributed by atoms with Gasteiger partial charge in [0.25, 0.3) is 0 Å². The van der Waals surface area contributed by atoms with E-state index in [-0.39, 0.29) is 5.84 Å². The highest BCUT2D eigenvalue weighted by Gasteiger charge is 2.31. The number of nitrogen functional groups attached to an aromatic ring is 1. The summed E-state index contributed by atoms with van der Waals surface area (Å²) in [6, 6.07) is 8.48. The zero-order chi connectivity index (χ0) is 29.1. The van der Waals surface area contributed by atoms with Crippen molar-refractivity contribution in [3.63, 3.8) is 0 Å². The molecule has 4 heterocycles. The van der Waals surface area contributed by atoms with Crippen LogP contribution in [0.4, 0.5) is 18.9 Å². The van der Waals surface area contributed by atoms with Gasteiger partial charge in [0.05, 0.1) is 30.0 Å². The van der Waals surface area contributed by atoms with Crippen LogP contribution < -0.4 is 11.1 Å². The van der Waals surface area contributed by atoms with Gasteiger partial charge in [-0.05, 0) is 71.0 Å². The van der Waals surface area contributed by atoms with Crippen LogP contribution in [-0.4, -0.2) is 63.5 Å². The van der Waals surface area contributed by atoms with Gasteiger partial charge in [0.15, 0.2) is 5.84 Å². The molecular weight excluding hydrogens is 515 g/mol. The maximum absolute atomic E-state index is 13.2. The number of amidine groups is 1. The number of anilines is 1. The third kappa shape index (κ3) is 7.35. The van der Waals surface area contributed by atoms with Gasteiger partial charge in [-0.25, -0.2) is 4.99 Å². The molecule has 2 aliphatic rings. The molecule has 1 aromatic carbocycles. The molecular formula is C30H40F3N7. The second-order valence-corrected chi connectivity index (χ2v) is 11.4. The molecule has 2 aromatic heterocycles. The fourth-order valence-corrected chi connectivity index (χ4v) is 5.02. The lowest BCUT2D eigenvalue weighted by Gasteiger charge is -2.38. The molecule has 0 amide bonds. The summed E-state index contributed by atoms with van der Waals surface area (Å²) in [5.41, 5.74) is 9.92. The predicted molar refractivity (Wildman–Crippen MR) is 159 cm³/mol. The quantitative estimate of drug-likeness (QED) is 0.375. The fraction of sp³-hybridized carbons (Fsp3) is 0.467. The molecule has 2 aliphatic heterocycles. The standard InChI is InChI=1S/C21H21F3N6.C9H19N/c1-13(14-6-7-29(2)11-14)26-9-15-10-27-20(28-15)19-8-16-17(25)4-3-5-18(16)30(19)12-21(22,23)24;1-9(2,3)10-7-5-4-6-8-10/h3-8,11,26H,1,9-10,12,25H2,2H3;4-8H2,1-3H3. The van der Waals surface area contributed by atoms with E-state index in [1.54, 1.807) is 24.3 Å². The molecule has 0 atom stereocenters. The fourth-order valence-electron chi connectivity index (χ4n) is 5.02. The Morgan fingerprint density at radius 3 is 2.42 bits per heavy atom. The number of hydrogen-bond donors (Lipinski definition) is 2. The monoisotopic (exact) mass is 555 g/mol. The van der Waals surface area contributed by atoms with Gasteiger partial charge in [-0.15, -0.1) is 0 Å². The summed E-state index contributed by atoms with van der Waals surface area (Å²) in [5.74, 6) is 0.275. The topological polar surface area (TPSA) is 75.9 Å². The molecule has 0 radical (unpaired) electrons. The van der Waals surface area contributed by atoms with Crippen LogP contribution in [0.15, 0.2) is 59.3 Å². The van der Waals surface area contributed by atoms with Gasteiger partial charge < -0.3 is 20.2 Å². The lowest BCUT2D eigenvalue weighted by atomic mass is 10.0. The Bertz CT molecular complexity index is 1400. The third-order valence-corrected chi connectivity index (χ3v) is 7.21. The number of nitrogens with two attached hydrogens (primary N) is 1. The number of alkyl halides is 3. The van der Waals surface area contributed by atoms with Crippen molar-refractivity contribution in [1.29, 1.82) is 0 Å². The van der Waals surface area contributed by atoms with Crippen LogP contribution in [0, 0.1) is 0 Å². The minimum absolute atomic E-state index is 0.275. The van der Waals surface area contributed by atoms with Crippen LogP contribution >= 0.6 is 0 Å². The summed E-state index contributed by atoms with van der Waals surface area (Å²) in [5, 5.41) is 3.75. The van der Waals surface area contributed by atoms with Crippen molar-refractivity contribution in [3.8, 4) is 0 Å². The van der Waals surface area contributed by atoms with Gasteiger partial charge in [0, 0.05) is 47.3 Å². The number of rotatable bonds is 6. The number of fused-ring (bicyclic) bond motifs is 1. The SMILES string of the molecule is C=C(NCC1=NC(c2cc3c(N)cccc3n2CC(F)(F)F)=NC1)c1ccn(C)c1.CC(C)(C)N1CCCCC1. The molecule has 0 aliphatic carbocycles. The average Bonchev–Trinajstić information content (AvgIpc) is 3.62. The summed E-state index contributed by atoms with van der Waals surface area (Å²) >= 11 is 0. The minimum atomic E-state index is -4.38. The highest BCUT2D eigenvalue weighted by molar-refractivity contribution is 6.14. The molecule has 1 fully saturated rings. The lowest BCUT2D eigenvalue weighted by molar-refractivity contribution is -0.139. The third-order valence-electron chi connectivity index (χ3n) is 7.21. The van der Waals surface area contributed by atoms with E-state index in [0.29, 0.717) is 40.9 Å². The van der Waals surface area contributed by atoms with Crippen molar-refractivity contribution < 1.29 is 13.2 Å². The van der Waals surface area contributed by atoms with Crippen molar-refractivity contribution in [2.24, 2.45) is 17.0 Å². The summed E-state index contributed by atoms with van der Waals surface area (Å²) in [6.07, 6.45) is 3.71.